The Morgan fingerprint density at radius 2 is 1.86 bits per heavy atom. The van der Waals surface area contributed by atoms with Crippen molar-refractivity contribution >= 4 is 67.9 Å². The lowest BCUT2D eigenvalue weighted by atomic mass is 10.2. The summed E-state index contributed by atoms with van der Waals surface area (Å²) in [6.07, 6.45) is 2.96. The molecule has 0 N–H and O–H groups in total. The van der Waals surface area contributed by atoms with Gasteiger partial charge < -0.3 is 9.47 Å². The molecule has 0 spiro atoms. The van der Waals surface area contributed by atoms with Gasteiger partial charge in [-0.05, 0) is 60.0 Å². The second-order valence-electron chi connectivity index (χ2n) is 7.87. The van der Waals surface area contributed by atoms with Crippen molar-refractivity contribution in [1.29, 1.82) is 0 Å². The molecule has 4 rings (SSSR count). The van der Waals surface area contributed by atoms with Gasteiger partial charge in [-0.25, -0.2) is 4.98 Å². The fourth-order valence-electron chi connectivity index (χ4n) is 3.56. The molecule has 0 amide bonds. The van der Waals surface area contributed by atoms with Gasteiger partial charge in [-0.15, -0.1) is 0 Å². The van der Waals surface area contributed by atoms with Crippen molar-refractivity contribution in [3.05, 3.63) is 95.4 Å². The molecule has 0 bridgehead atoms. The maximum Gasteiger partial charge on any atom is 0.282 e. The molecule has 36 heavy (non-hydrogen) atoms. The van der Waals surface area contributed by atoms with Gasteiger partial charge >= 0.3 is 0 Å². The number of benzene rings is 3. The van der Waals surface area contributed by atoms with Crippen LogP contribution >= 0.6 is 50.7 Å². The molecule has 3 aromatic carbocycles. The molecule has 0 radical (unpaired) electrons. The van der Waals surface area contributed by atoms with E-state index in [9.17, 15) is 4.79 Å². The minimum absolute atomic E-state index is 0.217. The Hall–Kier alpha value is -2.58. The van der Waals surface area contributed by atoms with Crippen molar-refractivity contribution in [3.63, 3.8) is 0 Å². The van der Waals surface area contributed by atoms with Crippen LogP contribution in [0.25, 0.3) is 10.9 Å². The number of halogens is 4. The number of hydrogen-bond acceptors (Lipinski definition) is 5. The van der Waals surface area contributed by atoms with E-state index >= 15 is 0 Å². The molecule has 4 aromatic rings. The molecule has 0 aliphatic rings. The van der Waals surface area contributed by atoms with E-state index in [1.165, 1.54) is 11.8 Å². The third-order valence-electron chi connectivity index (χ3n) is 5.29. The molecule has 1 aromatic heterocycles. The summed E-state index contributed by atoms with van der Waals surface area (Å²) < 4.78 is 13.5. The summed E-state index contributed by atoms with van der Waals surface area (Å²) >= 11 is 22.0. The number of fused-ring (bicyclic) bond motifs is 1. The molecular weight excluding hydrogens is 589 g/mol. The van der Waals surface area contributed by atoms with Gasteiger partial charge in [-0.3, -0.25) is 4.79 Å². The van der Waals surface area contributed by atoms with Gasteiger partial charge in [0.05, 0.1) is 39.3 Å². The predicted octanol–water partition coefficient (Wildman–Crippen LogP) is 7.54. The van der Waals surface area contributed by atoms with Crippen LogP contribution in [0, 0.1) is 0 Å². The minimum atomic E-state index is -0.249. The summed E-state index contributed by atoms with van der Waals surface area (Å²) in [4.78, 5) is 17.9. The van der Waals surface area contributed by atoms with Crippen molar-refractivity contribution in [3.8, 4) is 11.5 Å². The maximum atomic E-state index is 13.2. The monoisotopic (exact) mass is 607 g/mol. The summed E-state index contributed by atoms with van der Waals surface area (Å²) in [6, 6.07) is 14.1. The van der Waals surface area contributed by atoms with Crippen LogP contribution in [0.3, 0.4) is 0 Å². The summed E-state index contributed by atoms with van der Waals surface area (Å²) in [5.41, 5.74) is 1.83. The van der Waals surface area contributed by atoms with Gasteiger partial charge in [0.15, 0.2) is 11.5 Å². The fraction of sp³-hybridized carbons (Fsp3) is 0.192. The number of rotatable bonds is 8. The van der Waals surface area contributed by atoms with Gasteiger partial charge in [0.2, 0.25) is 0 Å². The third kappa shape index (κ3) is 5.86. The lowest BCUT2D eigenvalue weighted by Gasteiger charge is -2.14. The van der Waals surface area contributed by atoms with Crippen molar-refractivity contribution in [1.82, 2.24) is 9.66 Å². The predicted molar refractivity (Wildman–Crippen MR) is 149 cm³/mol. The Labute approximate surface area is 231 Å². The number of aromatic nitrogens is 2. The summed E-state index contributed by atoms with van der Waals surface area (Å²) in [6.45, 7) is 2.24. The average molecular weight is 610 g/mol. The second-order valence-corrected chi connectivity index (χ2v) is 10.0. The second kappa shape index (κ2) is 11.6. The zero-order chi connectivity index (χ0) is 25.8. The quantitative estimate of drug-likeness (QED) is 0.194. The van der Waals surface area contributed by atoms with Crippen LogP contribution in [-0.4, -0.2) is 23.0 Å². The number of methoxy groups -OCH3 is 1. The topological polar surface area (TPSA) is 65.7 Å². The highest BCUT2D eigenvalue weighted by Gasteiger charge is 2.14. The van der Waals surface area contributed by atoms with E-state index in [0.717, 1.165) is 16.5 Å². The Morgan fingerprint density at radius 1 is 1.06 bits per heavy atom. The van der Waals surface area contributed by atoms with Crippen LogP contribution in [0.5, 0.6) is 11.5 Å². The van der Waals surface area contributed by atoms with Crippen LogP contribution in [0.15, 0.2) is 62.9 Å². The summed E-state index contributed by atoms with van der Waals surface area (Å²) in [5.74, 6) is 1.38. The molecule has 0 atom stereocenters. The van der Waals surface area contributed by atoms with Crippen molar-refractivity contribution in [2.24, 2.45) is 5.10 Å². The Balaban J connectivity index is 1.66. The zero-order valence-corrected chi connectivity index (χ0v) is 23.2. The van der Waals surface area contributed by atoms with Crippen LogP contribution < -0.4 is 15.0 Å². The molecule has 0 aliphatic carbocycles. The molecular formula is C26H21BrCl3N3O3. The van der Waals surface area contributed by atoms with Crippen LogP contribution in [0.1, 0.15) is 30.3 Å². The van der Waals surface area contributed by atoms with Gasteiger partial charge in [-0.2, -0.15) is 9.78 Å². The third-order valence-corrected chi connectivity index (χ3v) is 6.80. The van der Waals surface area contributed by atoms with Crippen LogP contribution in [-0.2, 0) is 13.0 Å². The molecule has 0 saturated heterocycles. The molecule has 186 valence electrons. The molecule has 0 fully saturated rings. The summed E-state index contributed by atoms with van der Waals surface area (Å²) in [7, 11) is 1.52. The highest BCUT2D eigenvalue weighted by atomic mass is 79.9. The average Bonchev–Trinajstić information content (AvgIpc) is 2.85. The largest absolute Gasteiger partial charge is 0.493 e. The van der Waals surface area contributed by atoms with Crippen molar-refractivity contribution in [2.75, 3.05) is 7.11 Å². The van der Waals surface area contributed by atoms with Crippen molar-refractivity contribution in [2.45, 2.75) is 26.4 Å². The molecule has 10 heteroatoms. The SMILES string of the molecule is CCCc1nc2ccc(Br)cc2c(=O)n1N=Cc1cc(Cl)c(OCc2ccc(Cl)c(Cl)c2)c(OC)c1. The van der Waals surface area contributed by atoms with E-state index < -0.39 is 0 Å². The molecule has 1 heterocycles. The highest BCUT2D eigenvalue weighted by Crippen LogP contribution is 2.37. The minimum Gasteiger partial charge on any atom is -0.493 e. The normalized spacial score (nSPS) is 11.4. The van der Waals surface area contributed by atoms with Gasteiger partial charge in [0.25, 0.3) is 5.56 Å². The Kier molecular flexibility index (Phi) is 8.57. The number of hydrogen-bond donors (Lipinski definition) is 0. The first-order valence-corrected chi connectivity index (χ1v) is 12.9. The van der Waals surface area contributed by atoms with E-state index in [0.29, 0.717) is 55.3 Å². The lowest BCUT2D eigenvalue weighted by Crippen LogP contribution is -2.22. The van der Waals surface area contributed by atoms with Gasteiger partial charge in [-0.1, -0.05) is 63.7 Å². The molecule has 0 unspecified atom stereocenters. The lowest BCUT2D eigenvalue weighted by molar-refractivity contribution is 0.284. The fourth-order valence-corrected chi connectivity index (χ4v) is 4.52. The smallest absolute Gasteiger partial charge is 0.282 e. The number of ether oxygens (including phenoxy) is 2. The van der Waals surface area contributed by atoms with E-state index in [4.69, 9.17) is 44.3 Å². The van der Waals surface area contributed by atoms with Crippen LogP contribution in [0.2, 0.25) is 15.1 Å². The van der Waals surface area contributed by atoms with E-state index in [1.807, 2.05) is 25.1 Å². The van der Waals surface area contributed by atoms with Gasteiger partial charge in [0, 0.05) is 10.9 Å². The zero-order valence-electron chi connectivity index (χ0n) is 19.4. The standard InChI is InChI=1S/C26H21BrCl3N3O3/c1-3-4-24-32-22-8-6-17(27)12-18(22)26(34)33(24)31-13-16-10-21(30)25(23(11-16)35-2)36-14-15-5-7-19(28)20(29)9-15/h5-13H,3-4,14H2,1-2H3. The highest BCUT2D eigenvalue weighted by molar-refractivity contribution is 9.10. The summed E-state index contributed by atoms with van der Waals surface area (Å²) in [5, 5.41) is 6.17. The maximum absolute atomic E-state index is 13.2. The Bertz CT molecular complexity index is 1520. The molecule has 0 saturated carbocycles. The molecule has 6 nitrogen and oxygen atoms in total. The van der Waals surface area contributed by atoms with Gasteiger partial charge in [0.1, 0.15) is 12.4 Å². The number of aryl methyl sites for hydroxylation is 1. The Morgan fingerprint density at radius 3 is 2.58 bits per heavy atom. The number of nitrogens with zero attached hydrogens (tertiary/aromatic N) is 3. The van der Waals surface area contributed by atoms with E-state index in [-0.39, 0.29) is 12.2 Å². The van der Waals surface area contributed by atoms with Crippen LogP contribution in [0.4, 0.5) is 0 Å². The molecule has 0 aliphatic heterocycles. The first-order valence-electron chi connectivity index (χ1n) is 11.0. The van der Waals surface area contributed by atoms with Crippen molar-refractivity contribution < 1.29 is 9.47 Å². The van der Waals surface area contributed by atoms with E-state index in [1.54, 1.807) is 36.5 Å². The first-order chi connectivity index (χ1) is 17.3. The van der Waals surface area contributed by atoms with E-state index in [2.05, 4.69) is 26.0 Å². The first kappa shape index (κ1) is 26.5.